The van der Waals surface area contributed by atoms with E-state index < -0.39 is 0 Å². The second-order valence-corrected chi connectivity index (χ2v) is 5.67. The summed E-state index contributed by atoms with van der Waals surface area (Å²) in [4.78, 5) is 14.7. The predicted octanol–water partition coefficient (Wildman–Crippen LogP) is 2.08. The van der Waals surface area contributed by atoms with Crippen LogP contribution in [-0.2, 0) is 0 Å². The zero-order chi connectivity index (χ0) is 14.7. The minimum atomic E-state index is 0. The molecule has 2 N–H and O–H groups in total. The Kier molecular flexibility index (Phi) is 5.91. The molecule has 0 radical (unpaired) electrons. The number of nitrogens with zero attached hydrogens (tertiary/aromatic N) is 1. The van der Waals surface area contributed by atoms with Crippen LogP contribution in [0.2, 0.25) is 0 Å². The summed E-state index contributed by atoms with van der Waals surface area (Å²) in [5, 5.41) is 0. The molecule has 1 atom stereocenters. The Morgan fingerprint density at radius 2 is 2.14 bits per heavy atom. The molecule has 6 heteroatoms. The first-order valence-corrected chi connectivity index (χ1v) is 7.67. The second kappa shape index (κ2) is 7.70. The van der Waals surface area contributed by atoms with Crippen LogP contribution in [-0.4, -0.2) is 43.7 Å². The average molecular weight is 327 g/mol. The molecule has 5 nitrogen and oxygen atoms in total. The number of likely N-dealkylation sites (tertiary alicyclic amines) is 1. The van der Waals surface area contributed by atoms with Crippen molar-refractivity contribution in [2.75, 3.05) is 32.8 Å². The van der Waals surface area contributed by atoms with Crippen molar-refractivity contribution in [3.8, 4) is 11.5 Å². The number of ether oxygens (including phenoxy) is 2. The van der Waals surface area contributed by atoms with Crippen LogP contribution in [0.25, 0.3) is 0 Å². The van der Waals surface area contributed by atoms with Crippen molar-refractivity contribution in [1.29, 1.82) is 0 Å². The van der Waals surface area contributed by atoms with E-state index in [1.165, 1.54) is 0 Å². The van der Waals surface area contributed by atoms with E-state index >= 15 is 0 Å². The number of piperidine rings is 1. The van der Waals surface area contributed by atoms with Gasteiger partial charge in [-0.1, -0.05) is 6.07 Å². The summed E-state index contributed by atoms with van der Waals surface area (Å²) >= 11 is 0. The molecule has 2 aliphatic rings. The van der Waals surface area contributed by atoms with E-state index in [4.69, 9.17) is 15.2 Å². The number of benzene rings is 1. The second-order valence-electron chi connectivity index (χ2n) is 5.67. The minimum absolute atomic E-state index is 0. The molecule has 22 heavy (non-hydrogen) atoms. The van der Waals surface area contributed by atoms with Crippen LogP contribution in [0.15, 0.2) is 18.2 Å². The van der Waals surface area contributed by atoms with Crippen LogP contribution in [0.5, 0.6) is 11.5 Å². The molecule has 1 saturated heterocycles. The highest BCUT2D eigenvalue weighted by Crippen LogP contribution is 2.35. The van der Waals surface area contributed by atoms with Gasteiger partial charge in [-0.05, 0) is 43.9 Å². The van der Waals surface area contributed by atoms with Crippen molar-refractivity contribution in [2.45, 2.75) is 19.3 Å². The van der Waals surface area contributed by atoms with Crippen molar-refractivity contribution in [2.24, 2.45) is 11.7 Å². The minimum Gasteiger partial charge on any atom is -0.486 e. The highest BCUT2D eigenvalue weighted by Gasteiger charge is 2.28. The van der Waals surface area contributed by atoms with Crippen molar-refractivity contribution < 1.29 is 14.3 Å². The lowest BCUT2D eigenvalue weighted by Crippen LogP contribution is -2.40. The van der Waals surface area contributed by atoms with Gasteiger partial charge in [0, 0.05) is 13.1 Å². The zero-order valence-corrected chi connectivity index (χ0v) is 13.4. The molecule has 2 aliphatic heterocycles. The first-order valence-electron chi connectivity index (χ1n) is 7.67. The van der Waals surface area contributed by atoms with Gasteiger partial charge in [0.05, 0.1) is 5.56 Å². The molecule has 1 unspecified atom stereocenters. The normalized spacial score (nSPS) is 20.2. The van der Waals surface area contributed by atoms with Crippen LogP contribution in [0.3, 0.4) is 0 Å². The van der Waals surface area contributed by atoms with Gasteiger partial charge in [-0.2, -0.15) is 0 Å². The fourth-order valence-corrected chi connectivity index (χ4v) is 3.13. The van der Waals surface area contributed by atoms with Crippen LogP contribution >= 0.6 is 12.4 Å². The summed E-state index contributed by atoms with van der Waals surface area (Å²) in [5.74, 6) is 1.82. The first kappa shape index (κ1) is 16.9. The summed E-state index contributed by atoms with van der Waals surface area (Å²) in [6.45, 7) is 3.31. The van der Waals surface area contributed by atoms with E-state index in [9.17, 15) is 4.79 Å². The molecular formula is C16H23ClN2O3. The van der Waals surface area contributed by atoms with Crippen LogP contribution < -0.4 is 15.2 Å². The molecular weight excluding hydrogens is 304 g/mol. The maximum Gasteiger partial charge on any atom is 0.257 e. The monoisotopic (exact) mass is 326 g/mol. The van der Waals surface area contributed by atoms with Crippen molar-refractivity contribution in [1.82, 2.24) is 4.90 Å². The van der Waals surface area contributed by atoms with Gasteiger partial charge < -0.3 is 20.1 Å². The molecule has 0 saturated carbocycles. The first-order chi connectivity index (χ1) is 10.3. The summed E-state index contributed by atoms with van der Waals surface area (Å²) in [6, 6.07) is 5.52. The van der Waals surface area contributed by atoms with E-state index in [0.717, 1.165) is 32.4 Å². The average Bonchev–Trinajstić information content (AvgIpc) is 2.54. The molecule has 2 heterocycles. The highest BCUT2D eigenvalue weighted by atomic mass is 35.5. The Morgan fingerprint density at radius 3 is 2.95 bits per heavy atom. The molecule has 0 aliphatic carbocycles. The molecule has 1 aromatic carbocycles. The Labute approximate surface area is 137 Å². The number of rotatable bonds is 3. The molecule has 0 aromatic heterocycles. The van der Waals surface area contributed by atoms with E-state index in [2.05, 4.69) is 0 Å². The van der Waals surface area contributed by atoms with Crippen molar-refractivity contribution in [3.63, 3.8) is 0 Å². The van der Waals surface area contributed by atoms with Gasteiger partial charge in [0.1, 0.15) is 13.2 Å². The number of para-hydroxylation sites is 1. The zero-order valence-electron chi connectivity index (χ0n) is 12.6. The lowest BCUT2D eigenvalue weighted by molar-refractivity contribution is 0.0659. The molecule has 0 spiro atoms. The maximum atomic E-state index is 12.8. The Hall–Kier alpha value is -1.46. The quantitative estimate of drug-likeness (QED) is 0.923. The number of hydrogen-bond acceptors (Lipinski definition) is 4. The summed E-state index contributed by atoms with van der Waals surface area (Å²) in [7, 11) is 0. The largest absolute Gasteiger partial charge is 0.486 e. The number of amides is 1. The standard InChI is InChI=1S/C16H22N2O3.ClH/c17-7-6-12-3-2-8-18(11-12)16(19)13-4-1-5-14-15(13)21-10-9-20-14;/h1,4-5,12H,2-3,6-11,17H2;1H. The SMILES string of the molecule is Cl.NCCC1CCCN(C(=O)c2cccc3c2OCCO3)C1. The fraction of sp³-hybridized carbons (Fsp3) is 0.562. The molecule has 122 valence electrons. The van der Waals surface area contributed by atoms with E-state index in [1.807, 2.05) is 23.1 Å². The number of fused-ring (bicyclic) bond motifs is 1. The van der Waals surface area contributed by atoms with Crippen LogP contribution in [0, 0.1) is 5.92 Å². The Balaban J connectivity index is 0.00000176. The smallest absolute Gasteiger partial charge is 0.257 e. The summed E-state index contributed by atoms with van der Waals surface area (Å²) in [6.07, 6.45) is 3.19. The van der Waals surface area contributed by atoms with Gasteiger partial charge in [-0.3, -0.25) is 4.79 Å². The Bertz CT molecular complexity index is 522. The number of nitrogens with two attached hydrogens (primary N) is 1. The summed E-state index contributed by atoms with van der Waals surface area (Å²) in [5.41, 5.74) is 6.25. The molecule has 3 rings (SSSR count). The van der Waals surface area contributed by atoms with Crippen molar-refractivity contribution in [3.05, 3.63) is 23.8 Å². The third kappa shape index (κ3) is 3.47. The number of carbonyl (C=O) groups excluding carboxylic acids is 1. The van der Waals surface area contributed by atoms with E-state index in [0.29, 0.717) is 42.7 Å². The topological polar surface area (TPSA) is 64.8 Å². The maximum absolute atomic E-state index is 12.8. The molecule has 0 bridgehead atoms. The third-order valence-corrected chi connectivity index (χ3v) is 4.18. The number of carbonyl (C=O) groups is 1. The van der Waals surface area contributed by atoms with Crippen LogP contribution in [0.1, 0.15) is 29.6 Å². The number of hydrogen-bond donors (Lipinski definition) is 1. The lowest BCUT2D eigenvalue weighted by atomic mass is 9.94. The van der Waals surface area contributed by atoms with Gasteiger partial charge in [-0.15, -0.1) is 12.4 Å². The Morgan fingerprint density at radius 1 is 1.32 bits per heavy atom. The summed E-state index contributed by atoms with van der Waals surface area (Å²) < 4.78 is 11.2. The van der Waals surface area contributed by atoms with Crippen molar-refractivity contribution >= 4 is 18.3 Å². The van der Waals surface area contributed by atoms with Gasteiger partial charge in [0.25, 0.3) is 5.91 Å². The molecule has 1 fully saturated rings. The van der Waals surface area contributed by atoms with Gasteiger partial charge >= 0.3 is 0 Å². The third-order valence-electron chi connectivity index (χ3n) is 4.18. The highest BCUT2D eigenvalue weighted by molar-refractivity contribution is 5.98. The number of halogens is 1. The fourth-order valence-electron chi connectivity index (χ4n) is 3.13. The van der Waals surface area contributed by atoms with E-state index in [1.54, 1.807) is 0 Å². The van der Waals surface area contributed by atoms with E-state index in [-0.39, 0.29) is 18.3 Å². The molecule has 1 aromatic rings. The van der Waals surface area contributed by atoms with Crippen LogP contribution in [0.4, 0.5) is 0 Å². The van der Waals surface area contributed by atoms with Gasteiger partial charge in [0.2, 0.25) is 0 Å². The lowest BCUT2D eigenvalue weighted by Gasteiger charge is -2.33. The molecule has 1 amide bonds. The van der Waals surface area contributed by atoms with Gasteiger partial charge in [0.15, 0.2) is 11.5 Å². The van der Waals surface area contributed by atoms with Gasteiger partial charge in [-0.25, -0.2) is 0 Å². The predicted molar refractivity (Wildman–Crippen MR) is 87.0 cm³/mol.